The maximum Gasteiger partial charge on any atom is 1.00 e. The molecule has 1 fully saturated rings. The molecule has 0 N–H and O–H groups in total. The molecule has 31 heavy (non-hydrogen) atoms. The number of unbranched alkanes of at least 4 members (excludes halogenated alkanes) is 10. The van der Waals surface area contributed by atoms with Gasteiger partial charge in [-0.15, -0.1) is 0 Å². The van der Waals surface area contributed by atoms with Gasteiger partial charge in [-0.3, -0.25) is 4.18 Å². The fourth-order valence-corrected chi connectivity index (χ4v) is 4.57. The summed E-state index contributed by atoms with van der Waals surface area (Å²) in [6.45, 7) is 6.54. The molecule has 6 nitrogen and oxygen atoms in total. The van der Waals surface area contributed by atoms with Crippen LogP contribution in [0.4, 0.5) is 0 Å². The minimum atomic E-state index is -4.54. The van der Waals surface area contributed by atoms with Gasteiger partial charge in [0, 0.05) is 0 Å². The zero-order chi connectivity index (χ0) is 22.3. The Bertz CT molecular complexity index is 524. The summed E-state index contributed by atoms with van der Waals surface area (Å²) in [6.07, 6.45) is 18.0. The van der Waals surface area contributed by atoms with Crippen molar-refractivity contribution in [2.75, 3.05) is 6.61 Å². The third-order valence-electron chi connectivity index (χ3n) is 6.18. The van der Waals surface area contributed by atoms with Crippen LogP contribution in [-0.4, -0.2) is 37.6 Å². The molecule has 2 atom stereocenters. The minimum Gasteiger partial charge on any atom is -0.726 e. The number of hydrogen-bond acceptors (Lipinski definition) is 6. The van der Waals surface area contributed by atoms with Gasteiger partial charge in [-0.2, -0.15) is 0 Å². The average Bonchev–Trinajstić information content (AvgIpc) is 3.07. The van der Waals surface area contributed by atoms with Gasteiger partial charge in [0.05, 0.1) is 18.8 Å². The summed E-state index contributed by atoms with van der Waals surface area (Å²) in [6, 6.07) is 0. The summed E-state index contributed by atoms with van der Waals surface area (Å²) in [5, 5.41) is 0. The molecular formula is C23H45NaO6S. The largest absolute Gasteiger partial charge is 1.00 e. The molecule has 180 valence electrons. The summed E-state index contributed by atoms with van der Waals surface area (Å²) >= 11 is 0. The van der Waals surface area contributed by atoms with Gasteiger partial charge in [0.2, 0.25) is 10.4 Å². The van der Waals surface area contributed by atoms with Crippen molar-refractivity contribution in [2.24, 2.45) is 0 Å². The normalized spacial score (nSPS) is 20.6. The summed E-state index contributed by atoms with van der Waals surface area (Å²) < 4.78 is 48.2. The van der Waals surface area contributed by atoms with E-state index >= 15 is 0 Å². The molecule has 8 heteroatoms. The molecule has 1 rings (SSSR count). The zero-order valence-electron chi connectivity index (χ0n) is 20.5. The Balaban J connectivity index is 0.00000900. The van der Waals surface area contributed by atoms with E-state index in [0.717, 1.165) is 57.8 Å². The van der Waals surface area contributed by atoms with Gasteiger partial charge >= 0.3 is 29.6 Å². The summed E-state index contributed by atoms with van der Waals surface area (Å²) in [5.74, 6) is -0.389. The molecule has 0 aliphatic carbocycles. The predicted molar refractivity (Wildman–Crippen MR) is 119 cm³/mol. The van der Waals surface area contributed by atoms with Crippen LogP contribution in [0, 0.1) is 0 Å². The quantitative estimate of drug-likeness (QED) is 0.124. The van der Waals surface area contributed by atoms with Crippen LogP contribution in [0.5, 0.6) is 0 Å². The zero-order valence-corrected chi connectivity index (χ0v) is 23.3. The van der Waals surface area contributed by atoms with Gasteiger partial charge < -0.3 is 14.0 Å². The summed E-state index contributed by atoms with van der Waals surface area (Å²) in [4.78, 5) is 0. The van der Waals surface area contributed by atoms with Gasteiger partial charge in [0.1, 0.15) is 0 Å². The van der Waals surface area contributed by atoms with Gasteiger partial charge in [-0.05, 0) is 32.1 Å². The molecule has 1 saturated heterocycles. The van der Waals surface area contributed by atoms with E-state index in [9.17, 15) is 13.0 Å². The smallest absolute Gasteiger partial charge is 0.726 e. The van der Waals surface area contributed by atoms with E-state index in [0.29, 0.717) is 6.42 Å². The molecule has 1 aliphatic rings. The van der Waals surface area contributed by atoms with Crippen LogP contribution in [0.1, 0.15) is 124 Å². The van der Waals surface area contributed by atoms with Crippen molar-refractivity contribution in [3.05, 3.63) is 0 Å². The van der Waals surface area contributed by atoms with E-state index in [1.807, 2.05) is 0 Å². The van der Waals surface area contributed by atoms with Gasteiger partial charge in [-0.1, -0.05) is 91.4 Å². The van der Waals surface area contributed by atoms with Crippen LogP contribution in [0.15, 0.2) is 0 Å². The van der Waals surface area contributed by atoms with E-state index < -0.39 is 10.4 Å². The minimum absolute atomic E-state index is 0. The molecule has 0 aromatic heterocycles. The van der Waals surface area contributed by atoms with Crippen molar-refractivity contribution in [1.82, 2.24) is 0 Å². The van der Waals surface area contributed by atoms with Crippen LogP contribution in [0.2, 0.25) is 0 Å². The molecule has 0 aromatic carbocycles. The Labute approximate surface area is 213 Å². The van der Waals surface area contributed by atoms with Crippen LogP contribution in [0.25, 0.3) is 0 Å². The van der Waals surface area contributed by atoms with Crippen molar-refractivity contribution in [3.63, 3.8) is 0 Å². The van der Waals surface area contributed by atoms with Crippen molar-refractivity contribution in [1.29, 1.82) is 0 Å². The molecule has 1 aliphatic heterocycles. The second kappa shape index (κ2) is 18.2. The molecule has 0 aromatic rings. The Hall–Kier alpha value is 0.790. The number of ether oxygens (including phenoxy) is 2. The first kappa shape index (κ1) is 31.8. The topological polar surface area (TPSA) is 84.9 Å². The van der Waals surface area contributed by atoms with E-state index in [1.165, 1.54) is 38.5 Å². The van der Waals surface area contributed by atoms with Crippen molar-refractivity contribution in [3.8, 4) is 0 Å². The maximum atomic E-state index is 10.4. The third-order valence-corrected chi connectivity index (χ3v) is 6.63. The van der Waals surface area contributed by atoms with Gasteiger partial charge in [0.15, 0.2) is 5.79 Å². The third kappa shape index (κ3) is 14.6. The molecule has 1 heterocycles. The first-order valence-electron chi connectivity index (χ1n) is 12.3. The Morgan fingerprint density at radius 1 is 0.742 bits per heavy atom. The van der Waals surface area contributed by atoms with E-state index in [-0.39, 0.29) is 54.2 Å². The SMILES string of the molecule is CCCCCCCC[C@H]1OC(CC)(CC)O[C@@H]1CCCCCCCCOS(=O)(=O)[O-].[Na+]. The summed E-state index contributed by atoms with van der Waals surface area (Å²) in [7, 11) is -4.54. The monoisotopic (exact) mass is 472 g/mol. The standard InChI is InChI=1S/C23H46O6S.Na/c1-4-7-8-9-12-15-18-21-22(29-23(5-2,6-3)28-21)19-16-13-10-11-14-17-20-27-30(24,25)26;/h21-22H,4-20H2,1-3H3,(H,24,25,26);/q;+1/p-1/t21-,22-;/m1./s1. The fourth-order valence-electron chi connectivity index (χ4n) is 4.25. The number of hydrogen-bond donors (Lipinski definition) is 0. The molecule has 0 saturated carbocycles. The molecule has 0 amide bonds. The maximum absolute atomic E-state index is 10.4. The van der Waals surface area contributed by atoms with E-state index in [1.54, 1.807) is 0 Å². The van der Waals surface area contributed by atoms with Crippen molar-refractivity contribution in [2.45, 2.75) is 141 Å². The molecule has 0 bridgehead atoms. The second-order valence-electron chi connectivity index (χ2n) is 8.63. The van der Waals surface area contributed by atoms with E-state index in [2.05, 4.69) is 25.0 Å². The molecule has 0 radical (unpaired) electrons. The second-order valence-corrected chi connectivity index (χ2v) is 9.68. The Morgan fingerprint density at radius 3 is 1.58 bits per heavy atom. The summed E-state index contributed by atoms with van der Waals surface area (Å²) in [5.41, 5.74) is 0. The average molecular weight is 473 g/mol. The predicted octanol–water partition coefficient (Wildman–Crippen LogP) is 3.25. The molecule has 0 unspecified atom stereocenters. The van der Waals surface area contributed by atoms with Gasteiger partial charge in [0.25, 0.3) is 0 Å². The van der Waals surface area contributed by atoms with Crippen LogP contribution in [0.3, 0.4) is 0 Å². The fraction of sp³-hybridized carbons (Fsp3) is 1.00. The number of rotatable bonds is 19. The molecule has 0 spiro atoms. The Kier molecular flexibility index (Phi) is 18.6. The van der Waals surface area contributed by atoms with Crippen LogP contribution in [-0.2, 0) is 24.1 Å². The van der Waals surface area contributed by atoms with Crippen LogP contribution < -0.4 is 29.6 Å². The van der Waals surface area contributed by atoms with Crippen LogP contribution >= 0.6 is 0 Å². The van der Waals surface area contributed by atoms with Crippen molar-refractivity contribution < 1.29 is 56.2 Å². The van der Waals surface area contributed by atoms with Crippen molar-refractivity contribution >= 4 is 10.4 Å². The van der Waals surface area contributed by atoms with E-state index in [4.69, 9.17) is 9.47 Å². The first-order chi connectivity index (χ1) is 14.4. The Morgan fingerprint density at radius 2 is 1.16 bits per heavy atom. The first-order valence-corrected chi connectivity index (χ1v) is 13.6. The molecular weight excluding hydrogens is 427 g/mol. The van der Waals surface area contributed by atoms with Gasteiger partial charge in [-0.25, -0.2) is 8.42 Å².